The number of hydrogen-bond acceptors (Lipinski definition) is 6. The van der Waals surface area contributed by atoms with Crippen molar-refractivity contribution >= 4 is 17.9 Å². The Bertz CT molecular complexity index is 380. The number of carbonyl (C=O) groups excluding carboxylic acids is 3. The van der Waals surface area contributed by atoms with Crippen molar-refractivity contribution in [2.45, 2.75) is 77.0 Å². The molecule has 0 rings (SSSR count). The van der Waals surface area contributed by atoms with Gasteiger partial charge in [0.25, 0.3) is 0 Å². The summed E-state index contributed by atoms with van der Waals surface area (Å²) in [5.74, 6) is -0.590. The zero-order valence-corrected chi connectivity index (χ0v) is 16.0. The molecule has 0 saturated heterocycles. The van der Waals surface area contributed by atoms with Crippen molar-refractivity contribution in [3.8, 4) is 0 Å². The molecule has 0 bridgehead atoms. The Balaban J connectivity index is 3.77. The molecule has 0 aliphatic rings. The molecule has 0 amide bonds. The first kappa shape index (κ1) is 23.4. The summed E-state index contributed by atoms with van der Waals surface area (Å²) in [5.41, 5.74) is 0. The molecular weight excluding hydrogens is 324 g/mol. The molecule has 0 aromatic carbocycles. The highest BCUT2D eigenvalue weighted by molar-refractivity contribution is 5.72. The molecule has 0 aliphatic carbocycles. The van der Waals surface area contributed by atoms with Gasteiger partial charge in [0.1, 0.15) is 0 Å². The summed E-state index contributed by atoms with van der Waals surface area (Å²) >= 11 is 0. The minimum atomic E-state index is -0.207. The summed E-state index contributed by atoms with van der Waals surface area (Å²) in [5, 5.41) is 0. The minimum absolute atomic E-state index is 0.0815. The Morgan fingerprint density at radius 2 is 1.00 bits per heavy atom. The monoisotopic (exact) mass is 358 g/mol. The summed E-state index contributed by atoms with van der Waals surface area (Å²) in [6, 6.07) is 0. The van der Waals surface area contributed by atoms with E-state index in [9.17, 15) is 14.4 Å². The molecule has 0 fully saturated rings. The molecule has 0 aromatic heterocycles. The number of unbranched alkanes of at least 4 members (excludes halogenated alkanes) is 6. The van der Waals surface area contributed by atoms with E-state index in [1.54, 1.807) is 0 Å². The summed E-state index contributed by atoms with van der Waals surface area (Å²) in [6.45, 7) is 0. The highest BCUT2D eigenvalue weighted by Gasteiger charge is 2.18. The van der Waals surface area contributed by atoms with E-state index in [2.05, 4.69) is 9.47 Å². The molecule has 0 aromatic rings. The molecule has 1 unspecified atom stereocenters. The van der Waals surface area contributed by atoms with Gasteiger partial charge >= 0.3 is 17.9 Å². The van der Waals surface area contributed by atoms with Gasteiger partial charge in [-0.15, -0.1) is 0 Å². The van der Waals surface area contributed by atoms with E-state index in [-0.39, 0.29) is 23.8 Å². The maximum atomic E-state index is 11.8. The van der Waals surface area contributed by atoms with Crippen molar-refractivity contribution in [3.63, 3.8) is 0 Å². The van der Waals surface area contributed by atoms with Gasteiger partial charge in [-0.3, -0.25) is 14.4 Å². The smallest absolute Gasteiger partial charge is 0.308 e. The molecule has 25 heavy (non-hydrogen) atoms. The first-order valence-electron chi connectivity index (χ1n) is 9.26. The predicted molar refractivity (Wildman–Crippen MR) is 94.9 cm³/mol. The normalized spacial score (nSPS) is 11.6. The van der Waals surface area contributed by atoms with Crippen molar-refractivity contribution in [2.75, 3.05) is 21.3 Å². The standard InChI is InChI=1S/C19H34O6/c1-23-17(20)14-9-7-5-4-6-8-12-16(19(22)25-3)13-10-11-15-18(21)24-2/h16H,4-15H2,1-3H3. The molecule has 0 aliphatic heterocycles. The Kier molecular flexibility index (Phi) is 14.9. The molecule has 0 saturated carbocycles. The van der Waals surface area contributed by atoms with Crippen molar-refractivity contribution in [2.24, 2.45) is 5.92 Å². The van der Waals surface area contributed by atoms with Gasteiger partial charge in [-0.1, -0.05) is 38.5 Å². The zero-order chi connectivity index (χ0) is 18.9. The van der Waals surface area contributed by atoms with Gasteiger partial charge in [0.05, 0.1) is 27.2 Å². The molecule has 1 atom stereocenters. The van der Waals surface area contributed by atoms with Crippen LogP contribution in [0.5, 0.6) is 0 Å². The summed E-state index contributed by atoms with van der Waals surface area (Å²) in [7, 11) is 4.22. The van der Waals surface area contributed by atoms with E-state index < -0.39 is 0 Å². The lowest BCUT2D eigenvalue weighted by Gasteiger charge is -2.14. The summed E-state index contributed by atoms with van der Waals surface area (Å²) in [6.07, 6.45) is 10.2. The van der Waals surface area contributed by atoms with Gasteiger partial charge in [0.15, 0.2) is 0 Å². The Morgan fingerprint density at radius 3 is 1.48 bits per heavy atom. The zero-order valence-electron chi connectivity index (χ0n) is 16.0. The van der Waals surface area contributed by atoms with Crippen LogP contribution in [0.25, 0.3) is 0 Å². The van der Waals surface area contributed by atoms with E-state index in [1.807, 2.05) is 0 Å². The Morgan fingerprint density at radius 1 is 0.600 bits per heavy atom. The number of methoxy groups -OCH3 is 3. The van der Waals surface area contributed by atoms with Crippen molar-refractivity contribution in [1.29, 1.82) is 0 Å². The Labute approximate surface area is 151 Å². The van der Waals surface area contributed by atoms with Gasteiger partial charge in [-0.25, -0.2) is 0 Å². The number of rotatable bonds is 15. The van der Waals surface area contributed by atoms with Crippen molar-refractivity contribution in [3.05, 3.63) is 0 Å². The molecule has 6 heteroatoms. The number of hydrogen-bond donors (Lipinski definition) is 0. The van der Waals surface area contributed by atoms with E-state index in [1.165, 1.54) is 21.3 Å². The number of esters is 3. The van der Waals surface area contributed by atoms with Crippen LogP contribution in [0.2, 0.25) is 0 Å². The lowest BCUT2D eigenvalue weighted by atomic mass is 9.94. The van der Waals surface area contributed by atoms with Crippen LogP contribution in [0.3, 0.4) is 0 Å². The molecule has 146 valence electrons. The summed E-state index contributed by atoms with van der Waals surface area (Å²) < 4.78 is 14.1. The second kappa shape index (κ2) is 15.9. The lowest BCUT2D eigenvalue weighted by molar-refractivity contribution is -0.146. The lowest BCUT2D eigenvalue weighted by Crippen LogP contribution is -2.16. The highest BCUT2D eigenvalue weighted by atomic mass is 16.5. The van der Waals surface area contributed by atoms with Crippen LogP contribution in [0.4, 0.5) is 0 Å². The maximum absolute atomic E-state index is 11.8. The third kappa shape index (κ3) is 13.4. The fraction of sp³-hybridized carbons (Fsp3) is 0.842. The van der Waals surface area contributed by atoms with E-state index in [4.69, 9.17) is 4.74 Å². The number of carbonyl (C=O) groups is 3. The first-order chi connectivity index (χ1) is 12.0. The maximum Gasteiger partial charge on any atom is 0.308 e. The Hall–Kier alpha value is -1.59. The fourth-order valence-electron chi connectivity index (χ4n) is 2.78. The van der Waals surface area contributed by atoms with Gasteiger partial charge in [0, 0.05) is 12.8 Å². The van der Waals surface area contributed by atoms with Gasteiger partial charge < -0.3 is 14.2 Å². The summed E-state index contributed by atoms with van der Waals surface area (Å²) in [4.78, 5) is 33.9. The van der Waals surface area contributed by atoms with Crippen molar-refractivity contribution < 1.29 is 28.6 Å². The van der Waals surface area contributed by atoms with Gasteiger partial charge in [-0.2, -0.15) is 0 Å². The molecule has 0 radical (unpaired) electrons. The van der Waals surface area contributed by atoms with Crippen molar-refractivity contribution in [1.82, 2.24) is 0 Å². The number of ether oxygens (including phenoxy) is 3. The second-order valence-electron chi connectivity index (χ2n) is 6.28. The molecule has 0 spiro atoms. The van der Waals surface area contributed by atoms with Crippen LogP contribution >= 0.6 is 0 Å². The van der Waals surface area contributed by atoms with Gasteiger partial charge in [-0.05, 0) is 25.7 Å². The highest BCUT2D eigenvalue weighted by Crippen LogP contribution is 2.20. The van der Waals surface area contributed by atoms with Crippen LogP contribution in [-0.2, 0) is 28.6 Å². The van der Waals surface area contributed by atoms with Crippen LogP contribution in [0.15, 0.2) is 0 Å². The average molecular weight is 358 g/mol. The third-order valence-corrected chi connectivity index (χ3v) is 4.36. The molecule has 0 heterocycles. The molecular formula is C19H34O6. The quantitative estimate of drug-likeness (QED) is 0.252. The van der Waals surface area contributed by atoms with E-state index in [0.717, 1.165) is 64.2 Å². The van der Waals surface area contributed by atoms with E-state index >= 15 is 0 Å². The molecule has 0 N–H and O–H groups in total. The van der Waals surface area contributed by atoms with Crippen LogP contribution in [-0.4, -0.2) is 39.2 Å². The first-order valence-corrected chi connectivity index (χ1v) is 9.26. The topological polar surface area (TPSA) is 78.9 Å². The second-order valence-corrected chi connectivity index (χ2v) is 6.28. The SMILES string of the molecule is COC(=O)CCCCCCCCC(CCCCC(=O)OC)C(=O)OC. The third-order valence-electron chi connectivity index (χ3n) is 4.36. The van der Waals surface area contributed by atoms with Gasteiger partial charge in [0.2, 0.25) is 0 Å². The predicted octanol–water partition coefficient (Wildman–Crippen LogP) is 3.80. The van der Waals surface area contributed by atoms with Crippen LogP contribution in [0.1, 0.15) is 77.0 Å². The van der Waals surface area contributed by atoms with E-state index in [0.29, 0.717) is 12.8 Å². The average Bonchev–Trinajstić information content (AvgIpc) is 2.63. The fourth-order valence-corrected chi connectivity index (χ4v) is 2.78. The molecule has 6 nitrogen and oxygen atoms in total. The van der Waals surface area contributed by atoms with Crippen LogP contribution in [0, 0.1) is 5.92 Å². The van der Waals surface area contributed by atoms with Crippen LogP contribution < -0.4 is 0 Å². The largest absolute Gasteiger partial charge is 0.469 e. The minimum Gasteiger partial charge on any atom is -0.469 e.